The van der Waals surface area contributed by atoms with Crippen LogP contribution in [0.3, 0.4) is 0 Å². The van der Waals surface area contributed by atoms with E-state index in [0.29, 0.717) is 43.3 Å². The van der Waals surface area contributed by atoms with Gasteiger partial charge in [0.2, 0.25) is 5.91 Å². The van der Waals surface area contributed by atoms with E-state index in [-0.39, 0.29) is 35.5 Å². The topological polar surface area (TPSA) is 174 Å². The number of aromatic amines is 2. The molecule has 0 saturated carbocycles. The molecule has 4 N–H and O–H groups in total. The van der Waals surface area contributed by atoms with Crippen LogP contribution in [-0.2, 0) is 4.79 Å². The number of hydrogen-bond donors (Lipinski definition) is 4. The molecule has 16 heteroatoms. The van der Waals surface area contributed by atoms with E-state index < -0.39 is 11.6 Å². The fraction of sp³-hybridized carbons (Fsp3) is 0.333. The van der Waals surface area contributed by atoms with Crippen LogP contribution in [0.4, 0.5) is 20.4 Å². The van der Waals surface area contributed by atoms with Gasteiger partial charge in [0, 0.05) is 96.9 Å². The smallest absolute Gasteiger partial charge is 0.254 e. The second kappa shape index (κ2) is 19.0. The van der Waals surface area contributed by atoms with E-state index in [9.17, 15) is 18.4 Å². The lowest BCUT2D eigenvalue weighted by Gasteiger charge is -2.36. The number of carbonyl (C=O) groups excluding carboxylic acids is 2. The molecule has 2 atom stereocenters. The van der Waals surface area contributed by atoms with Crippen molar-refractivity contribution in [3.05, 3.63) is 109 Å². The number of halogens is 2. The van der Waals surface area contributed by atoms with Crippen LogP contribution in [0.15, 0.2) is 91.8 Å². The van der Waals surface area contributed by atoms with E-state index >= 15 is 0 Å². The lowest BCUT2D eigenvalue weighted by molar-refractivity contribution is -0.134. The SMILES string of the molecule is CCCC(=O)N1CCCCC1CNc1nc(-c2c[nH]c3ncccc23)ncc1F.O=C(c1ccccc1)N1CCCCC1CNc1nc(-c2c[nH]c3ncccc23)ncc1F. The number of pyridine rings is 2. The third-order valence-corrected chi connectivity index (χ3v) is 11.2. The number of rotatable bonds is 11. The Kier molecular flexibility index (Phi) is 12.8. The van der Waals surface area contributed by atoms with Gasteiger partial charge >= 0.3 is 0 Å². The standard InChI is InChI=1S/C24H23FN6O.C21H25FN6O/c25-20-15-29-22(19-14-28-21-18(19)10-6-11-26-21)30-23(20)27-13-17-9-4-5-12-31(17)24(32)16-7-2-1-3-8-16;1-2-6-18(29)28-10-4-3-7-14(28)11-24-21-17(22)13-26-20(27-21)16-12-25-19-15(16)8-5-9-23-19/h1-3,6-8,10-11,14-15,17H,4-5,9,12-13H2,(H,26,28)(H,27,29,30);5,8-9,12-14H,2-4,6-7,10-11H2,1H3,(H,23,25)(H,24,26,27). The van der Waals surface area contributed by atoms with Crippen LogP contribution in [0.25, 0.3) is 44.8 Å². The van der Waals surface area contributed by atoms with Gasteiger partial charge in [-0.2, -0.15) is 0 Å². The van der Waals surface area contributed by atoms with Crippen molar-refractivity contribution in [1.29, 1.82) is 0 Å². The fourth-order valence-corrected chi connectivity index (χ4v) is 8.08. The van der Waals surface area contributed by atoms with Gasteiger partial charge in [0.15, 0.2) is 34.9 Å². The average molecular weight is 827 g/mol. The summed E-state index contributed by atoms with van der Waals surface area (Å²) in [5, 5.41) is 7.99. The molecule has 2 amide bonds. The molecule has 1 aromatic carbocycles. The molecule has 314 valence electrons. The van der Waals surface area contributed by atoms with Crippen LogP contribution >= 0.6 is 0 Å². The first kappa shape index (κ1) is 40.9. The zero-order chi connectivity index (χ0) is 42.1. The monoisotopic (exact) mass is 826 g/mol. The Labute approximate surface area is 351 Å². The van der Waals surface area contributed by atoms with Gasteiger partial charge in [0.05, 0.1) is 12.4 Å². The molecule has 0 bridgehead atoms. The number of nitrogens with one attached hydrogen (secondary N) is 4. The van der Waals surface area contributed by atoms with E-state index in [4.69, 9.17) is 0 Å². The molecule has 2 aliphatic heterocycles. The highest BCUT2D eigenvalue weighted by atomic mass is 19.1. The number of anilines is 2. The first-order valence-corrected chi connectivity index (χ1v) is 20.9. The Balaban J connectivity index is 0.000000169. The predicted molar refractivity (Wildman–Crippen MR) is 231 cm³/mol. The first-order valence-electron chi connectivity index (χ1n) is 20.9. The van der Waals surface area contributed by atoms with E-state index in [1.807, 2.05) is 71.3 Å². The Hall–Kier alpha value is -6.84. The van der Waals surface area contributed by atoms with Crippen LogP contribution in [0, 0.1) is 11.6 Å². The third-order valence-electron chi connectivity index (χ3n) is 11.2. The Morgan fingerprint density at radius 1 is 0.689 bits per heavy atom. The van der Waals surface area contributed by atoms with Crippen molar-refractivity contribution in [3.63, 3.8) is 0 Å². The molecule has 0 aliphatic carbocycles. The van der Waals surface area contributed by atoms with Gasteiger partial charge in [-0.3, -0.25) is 9.59 Å². The number of carbonyl (C=O) groups is 2. The van der Waals surface area contributed by atoms with Crippen molar-refractivity contribution in [1.82, 2.24) is 49.7 Å². The summed E-state index contributed by atoms with van der Waals surface area (Å²) in [4.78, 5) is 61.1. The largest absolute Gasteiger partial charge is 0.365 e. The molecule has 6 aromatic heterocycles. The Morgan fingerprint density at radius 2 is 1.21 bits per heavy atom. The van der Waals surface area contributed by atoms with Crippen molar-refractivity contribution < 1.29 is 18.4 Å². The number of aromatic nitrogens is 8. The number of H-pyrrole nitrogens is 2. The molecule has 7 aromatic rings. The molecule has 61 heavy (non-hydrogen) atoms. The highest BCUT2D eigenvalue weighted by molar-refractivity contribution is 5.95. The molecular weight excluding hydrogens is 779 g/mol. The minimum atomic E-state index is -0.525. The van der Waals surface area contributed by atoms with E-state index in [1.54, 1.807) is 24.8 Å². The number of likely N-dealkylation sites (tertiary alicyclic amines) is 2. The van der Waals surface area contributed by atoms with Gasteiger partial charge in [-0.15, -0.1) is 0 Å². The van der Waals surface area contributed by atoms with Gasteiger partial charge in [-0.25, -0.2) is 38.7 Å². The van der Waals surface area contributed by atoms with Crippen LogP contribution in [0.2, 0.25) is 0 Å². The summed E-state index contributed by atoms with van der Waals surface area (Å²) in [6.07, 6.45) is 16.6. The lowest BCUT2D eigenvalue weighted by Crippen LogP contribution is -2.47. The van der Waals surface area contributed by atoms with Gasteiger partial charge in [0.25, 0.3) is 5.91 Å². The average Bonchev–Trinajstić information content (AvgIpc) is 3.94. The fourth-order valence-electron chi connectivity index (χ4n) is 8.08. The number of benzene rings is 1. The maximum absolute atomic E-state index is 14.5. The number of nitrogens with zero attached hydrogens (tertiary/aromatic N) is 8. The molecular formula is C45H48F2N12O2. The minimum Gasteiger partial charge on any atom is -0.365 e. The van der Waals surface area contributed by atoms with Crippen molar-refractivity contribution in [2.24, 2.45) is 0 Å². The van der Waals surface area contributed by atoms with Crippen LogP contribution < -0.4 is 10.6 Å². The summed E-state index contributed by atoms with van der Waals surface area (Å²) in [7, 11) is 0. The summed E-state index contributed by atoms with van der Waals surface area (Å²) in [6, 6.07) is 16.8. The first-order chi connectivity index (χ1) is 29.9. The van der Waals surface area contributed by atoms with Gasteiger partial charge in [0.1, 0.15) is 11.3 Å². The molecule has 2 fully saturated rings. The normalized spacial score (nSPS) is 16.6. The summed E-state index contributed by atoms with van der Waals surface area (Å²) in [6.45, 7) is 4.36. The number of fused-ring (bicyclic) bond motifs is 2. The maximum atomic E-state index is 14.5. The highest BCUT2D eigenvalue weighted by Gasteiger charge is 2.29. The molecule has 9 rings (SSSR count). The van der Waals surface area contributed by atoms with Crippen molar-refractivity contribution in [2.75, 3.05) is 36.8 Å². The second-order valence-corrected chi connectivity index (χ2v) is 15.2. The van der Waals surface area contributed by atoms with E-state index in [0.717, 1.165) is 84.7 Å². The van der Waals surface area contributed by atoms with Crippen molar-refractivity contribution >= 4 is 45.5 Å². The molecule has 0 spiro atoms. The molecule has 2 saturated heterocycles. The second-order valence-electron chi connectivity index (χ2n) is 15.2. The molecule has 0 radical (unpaired) electrons. The summed E-state index contributed by atoms with van der Waals surface area (Å²) >= 11 is 0. The summed E-state index contributed by atoms with van der Waals surface area (Å²) in [5.41, 5.74) is 3.66. The molecule has 2 unspecified atom stereocenters. The van der Waals surface area contributed by atoms with Crippen LogP contribution in [0.5, 0.6) is 0 Å². The van der Waals surface area contributed by atoms with Crippen LogP contribution in [0.1, 0.15) is 68.6 Å². The summed E-state index contributed by atoms with van der Waals surface area (Å²) < 4.78 is 28.9. The van der Waals surface area contributed by atoms with E-state index in [1.165, 1.54) is 12.4 Å². The van der Waals surface area contributed by atoms with E-state index in [2.05, 4.69) is 50.5 Å². The molecule has 8 heterocycles. The zero-order valence-corrected chi connectivity index (χ0v) is 34.0. The zero-order valence-electron chi connectivity index (χ0n) is 34.0. The van der Waals surface area contributed by atoms with Gasteiger partial charge in [-0.05, 0) is 81.3 Å². The lowest BCUT2D eigenvalue weighted by atomic mass is 10.0. The summed E-state index contributed by atoms with van der Waals surface area (Å²) in [5.74, 6) is 0.274. The van der Waals surface area contributed by atoms with Crippen molar-refractivity contribution in [3.8, 4) is 22.8 Å². The van der Waals surface area contributed by atoms with Crippen LogP contribution in [-0.4, -0.2) is 99.7 Å². The molecule has 2 aliphatic rings. The maximum Gasteiger partial charge on any atom is 0.254 e. The quantitative estimate of drug-likeness (QED) is 0.100. The number of piperidine rings is 2. The minimum absolute atomic E-state index is 0.00670. The predicted octanol–water partition coefficient (Wildman–Crippen LogP) is 8.02. The Morgan fingerprint density at radius 3 is 1.75 bits per heavy atom. The highest BCUT2D eigenvalue weighted by Crippen LogP contribution is 2.29. The third kappa shape index (κ3) is 9.32. The Bertz CT molecular complexity index is 2600. The molecule has 14 nitrogen and oxygen atoms in total. The number of hydrogen-bond acceptors (Lipinski definition) is 10. The van der Waals surface area contributed by atoms with Crippen molar-refractivity contribution in [2.45, 2.75) is 70.4 Å². The van der Waals surface area contributed by atoms with Gasteiger partial charge in [-0.1, -0.05) is 25.1 Å². The van der Waals surface area contributed by atoms with Gasteiger partial charge < -0.3 is 30.4 Å². The number of amides is 2.